The second-order valence-corrected chi connectivity index (χ2v) is 5.19. The highest BCUT2D eigenvalue weighted by molar-refractivity contribution is 4.81. The Labute approximate surface area is 114 Å². The van der Waals surface area contributed by atoms with Crippen molar-refractivity contribution in [3.8, 4) is 0 Å². The van der Waals surface area contributed by atoms with Crippen molar-refractivity contribution in [2.24, 2.45) is 0 Å². The van der Waals surface area contributed by atoms with E-state index in [9.17, 15) is 18.3 Å². The molecule has 0 aromatic rings. The average Bonchev–Trinajstić information content (AvgIpc) is 2.32. The summed E-state index contributed by atoms with van der Waals surface area (Å²) in [6, 6.07) is 0. The molecule has 116 valence electrons. The van der Waals surface area contributed by atoms with Crippen LogP contribution in [-0.4, -0.2) is 54.5 Å². The van der Waals surface area contributed by atoms with E-state index in [1.165, 1.54) is 4.90 Å². The Hall–Kier alpha value is -0.330. The van der Waals surface area contributed by atoms with Crippen molar-refractivity contribution in [2.75, 3.05) is 32.8 Å². The van der Waals surface area contributed by atoms with Gasteiger partial charge < -0.3 is 10.4 Å². The normalized spacial score (nSPS) is 15.8. The Morgan fingerprint density at radius 2 is 1.79 bits per heavy atom. The van der Waals surface area contributed by atoms with Gasteiger partial charge in [-0.05, 0) is 39.4 Å². The number of likely N-dealkylation sites (N-methyl/N-ethyl adjacent to an activating group) is 1. The van der Waals surface area contributed by atoms with Crippen molar-refractivity contribution < 1.29 is 18.3 Å². The van der Waals surface area contributed by atoms with Gasteiger partial charge in [0.25, 0.3) is 0 Å². The molecule has 1 atom stereocenters. The minimum Gasteiger partial charge on any atom is -0.394 e. The molecular formula is C13H27F3N2O. The SMILES string of the molecule is CCNC(C)(CO)CCCCN(CC)CC(F)(F)F. The standard InChI is InChI=1S/C13H27F3N2O/c1-4-17-12(3,11-19)8-6-7-9-18(5-2)10-13(14,15)16/h17,19H,4-11H2,1-3H3. The van der Waals surface area contributed by atoms with Gasteiger partial charge in [0.15, 0.2) is 0 Å². The van der Waals surface area contributed by atoms with Gasteiger partial charge in [-0.15, -0.1) is 0 Å². The second-order valence-electron chi connectivity index (χ2n) is 5.19. The summed E-state index contributed by atoms with van der Waals surface area (Å²) in [5.41, 5.74) is -0.324. The average molecular weight is 284 g/mol. The molecule has 6 heteroatoms. The summed E-state index contributed by atoms with van der Waals surface area (Å²) in [4.78, 5) is 1.41. The summed E-state index contributed by atoms with van der Waals surface area (Å²) < 4.78 is 36.8. The summed E-state index contributed by atoms with van der Waals surface area (Å²) in [6.07, 6.45) is -1.84. The Kier molecular flexibility index (Phi) is 8.61. The predicted octanol–water partition coefficient (Wildman–Crippen LogP) is 2.40. The lowest BCUT2D eigenvalue weighted by Crippen LogP contribution is -2.45. The summed E-state index contributed by atoms with van der Waals surface area (Å²) in [7, 11) is 0. The van der Waals surface area contributed by atoms with Gasteiger partial charge in [0.05, 0.1) is 13.2 Å². The zero-order valence-corrected chi connectivity index (χ0v) is 12.2. The van der Waals surface area contributed by atoms with Crippen LogP contribution in [0.2, 0.25) is 0 Å². The van der Waals surface area contributed by atoms with Crippen molar-refractivity contribution in [3.05, 3.63) is 0 Å². The summed E-state index contributed by atoms with van der Waals surface area (Å²) in [6.45, 7) is 6.47. The van der Waals surface area contributed by atoms with Crippen LogP contribution in [-0.2, 0) is 0 Å². The maximum atomic E-state index is 12.3. The highest BCUT2D eigenvalue weighted by atomic mass is 19.4. The van der Waals surface area contributed by atoms with Crippen LogP contribution < -0.4 is 5.32 Å². The molecule has 0 radical (unpaired) electrons. The molecule has 0 aromatic heterocycles. The van der Waals surface area contributed by atoms with Gasteiger partial charge in [-0.2, -0.15) is 13.2 Å². The van der Waals surface area contributed by atoms with E-state index in [2.05, 4.69) is 5.32 Å². The van der Waals surface area contributed by atoms with Crippen LogP contribution in [0.3, 0.4) is 0 Å². The molecule has 0 aliphatic heterocycles. The maximum absolute atomic E-state index is 12.3. The molecule has 2 N–H and O–H groups in total. The predicted molar refractivity (Wildman–Crippen MR) is 71.2 cm³/mol. The van der Waals surface area contributed by atoms with E-state index in [-0.39, 0.29) is 12.1 Å². The van der Waals surface area contributed by atoms with Gasteiger partial charge in [-0.3, -0.25) is 4.90 Å². The lowest BCUT2D eigenvalue weighted by molar-refractivity contribution is -0.145. The zero-order chi connectivity index (χ0) is 14.9. The fourth-order valence-electron chi connectivity index (χ4n) is 2.10. The zero-order valence-electron chi connectivity index (χ0n) is 12.2. The van der Waals surface area contributed by atoms with Gasteiger partial charge in [0.2, 0.25) is 0 Å². The number of alkyl halides is 3. The third-order valence-electron chi connectivity index (χ3n) is 3.26. The van der Waals surface area contributed by atoms with Crippen molar-refractivity contribution >= 4 is 0 Å². The summed E-state index contributed by atoms with van der Waals surface area (Å²) in [5.74, 6) is 0. The number of hydrogen-bond acceptors (Lipinski definition) is 3. The molecule has 0 aliphatic carbocycles. The largest absolute Gasteiger partial charge is 0.401 e. The van der Waals surface area contributed by atoms with Crippen molar-refractivity contribution in [3.63, 3.8) is 0 Å². The topological polar surface area (TPSA) is 35.5 Å². The molecule has 1 unspecified atom stereocenters. The molecule has 0 bridgehead atoms. The first-order valence-corrected chi connectivity index (χ1v) is 6.91. The molecule has 0 aromatic carbocycles. The molecule has 0 amide bonds. The van der Waals surface area contributed by atoms with E-state index in [4.69, 9.17) is 0 Å². The van der Waals surface area contributed by atoms with Gasteiger partial charge in [0.1, 0.15) is 0 Å². The molecule has 0 rings (SSSR count). The number of nitrogens with one attached hydrogen (secondary N) is 1. The number of aliphatic hydroxyl groups excluding tert-OH is 1. The van der Waals surface area contributed by atoms with Gasteiger partial charge in [-0.1, -0.05) is 20.3 Å². The number of halogens is 3. The second kappa shape index (κ2) is 8.76. The molecule has 3 nitrogen and oxygen atoms in total. The first kappa shape index (κ1) is 18.7. The summed E-state index contributed by atoms with van der Waals surface area (Å²) >= 11 is 0. The quantitative estimate of drug-likeness (QED) is 0.605. The monoisotopic (exact) mass is 284 g/mol. The number of rotatable bonds is 10. The van der Waals surface area contributed by atoms with Crippen LogP contribution >= 0.6 is 0 Å². The number of aliphatic hydroxyl groups is 1. The third kappa shape index (κ3) is 9.24. The van der Waals surface area contributed by atoms with E-state index in [1.54, 1.807) is 6.92 Å². The van der Waals surface area contributed by atoms with Crippen LogP contribution in [0.5, 0.6) is 0 Å². The van der Waals surface area contributed by atoms with Gasteiger partial charge in [0, 0.05) is 5.54 Å². The van der Waals surface area contributed by atoms with Crippen LogP contribution in [0, 0.1) is 0 Å². The van der Waals surface area contributed by atoms with Crippen molar-refractivity contribution in [1.82, 2.24) is 10.2 Å². The molecule has 0 spiro atoms. The van der Waals surface area contributed by atoms with E-state index in [1.807, 2.05) is 13.8 Å². The molecule has 0 heterocycles. The number of unbranched alkanes of at least 4 members (excludes halogenated alkanes) is 1. The highest BCUT2D eigenvalue weighted by Crippen LogP contribution is 2.18. The summed E-state index contributed by atoms with van der Waals surface area (Å²) in [5, 5.41) is 12.5. The van der Waals surface area contributed by atoms with E-state index in [0.717, 1.165) is 19.4 Å². The lowest BCUT2D eigenvalue weighted by Gasteiger charge is -2.29. The Bertz CT molecular complexity index is 236. The van der Waals surface area contributed by atoms with Crippen LogP contribution in [0.4, 0.5) is 13.2 Å². The third-order valence-corrected chi connectivity index (χ3v) is 3.26. The molecule has 0 aliphatic rings. The molecule has 0 saturated heterocycles. The molecular weight excluding hydrogens is 257 g/mol. The van der Waals surface area contributed by atoms with Gasteiger partial charge in [-0.25, -0.2) is 0 Å². The van der Waals surface area contributed by atoms with Crippen LogP contribution in [0.25, 0.3) is 0 Å². The Balaban J connectivity index is 3.94. The first-order chi connectivity index (χ1) is 8.76. The molecule has 0 fully saturated rings. The Morgan fingerprint density at radius 1 is 1.16 bits per heavy atom. The van der Waals surface area contributed by atoms with Crippen molar-refractivity contribution in [1.29, 1.82) is 0 Å². The smallest absolute Gasteiger partial charge is 0.394 e. The molecule has 19 heavy (non-hydrogen) atoms. The maximum Gasteiger partial charge on any atom is 0.401 e. The number of hydrogen-bond donors (Lipinski definition) is 2. The lowest BCUT2D eigenvalue weighted by atomic mass is 9.95. The van der Waals surface area contributed by atoms with Gasteiger partial charge >= 0.3 is 6.18 Å². The highest BCUT2D eigenvalue weighted by Gasteiger charge is 2.29. The van der Waals surface area contributed by atoms with Crippen molar-refractivity contribution in [2.45, 2.75) is 51.7 Å². The minimum absolute atomic E-state index is 0.0425. The van der Waals surface area contributed by atoms with Crippen LogP contribution in [0.15, 0.2) is 0 Å². The fraction of sp³-hybridized carbons (Fsp3) is 1.00. The first-order valence-electron chi connectivity index (χ1n) is 6.91. The minimum atomic E-state index is -4.13. The fourth-order valence-corrected chi connectivity index (χ4v) is 2.10. The van der Waals surface area contributed by atoms with E-state index >= 15 is 0 Å². The number of nitrogens with zero attached hydrogens (tertiary/aromatic N) is 1. The van der Waals surface area contributed by atoms with E-state index < -0.39 is 12.7 Å². The van der Waals surface area contributed by atoms with Crippen LogP contribution in [0.1, 0.15) is 40.0 Å². The van der Waals surface area contributed by atoms with E-state index in [0.29, 0.717) is 19.5 Å². The Morgan fingerprint density at radius 3 is 2.21 bits per heavy atom. The molecule has 0 saturated carbocycles.